The van der Waals surface area contributed by atoms with Gasteiger partial charge in [-0.25, -0.2) is 4.98 Å². The molecule has 0 bridgehead atoms. The van der Waals surface area contributed by atoms with E-state index in [1.165, 1.54) is 11.1 Å². The van der Waals surface area contributed by atoms with Crippen LogP contribution in [0.25, 0.3) is 0 Å². The molecule has 1 unspecified atom stereocenters. The van der Waals surface area contributed by atoms with Crippen molar-refractivity contribution < 1.29 is 47.4 Å². The first kappa shape index (κ1) is 50.1. The molecular weight excluding hydrogens is 917 g/mol. The van der Waals surface area contributed by atoms with E-state index in [1.807, 2.05) is 53.4 Å². The van der Waals surface area contributed by atoms with Crippen molar-refractivity contribution >= 4 is 82.2 Å². The fraction of sp³-hybridized carbons (Fsp3) is 0.447. The quantitative estimate of drug-likeness (QED) is 0.0420. The Morgan fingerprint density at radius 1 is 0.838 bits per heavy atom. The van der Waals surface area contributed by atoms with Crippen LogP contribution in [0, 0.1) is 0 Å². The van der Waals surface area contributed by atoms with E-state index in [9.17, 15) is 23.7 Å². The number of carbonyl (C=O) groups is 4. The lowest BCUT2D eigenvalue weighted by Gasteiger charge is -2.36. The SMILES string of the molecule is COc1cc(N2CCN(C(=O)CCOCCOCCOCCOCCNc3cccc4c3CN(C3CCC(=O)NC3=O)C4=O)CC2)ccc1Nc1ncc(Cl)c(Nc2ccccc2P(C)(C)=O)n1. The number of amides is 4. The van der Waals surface area contributed by atoms with Crippen molar-refractivity contribution in [2.24, 2.45) is 0 Å². The van der Waals surface area contributed by atoms with Crippen molar-refractivity contribution in [3.8, 4) is 5.75 Å². The van der Waals surface area contributed by atoms with Crippen molar-refractivity contribution in [3.05, 3.63) is 83.0 Å². The van der Waals surface area contributed by atoms with Gasteiger partial charge in [-0.2, -0.15) is 4.98 Å². The van der Waals surface area contributed by atoms with Crippen LogP contribution in [0.4, 0.5) is 34.5 Å². The molecule has 364 valence electrons. The average Bonchev–Trinajstić information content (AvgIpc) is 3.67. The van der Waals surface area contributed by atoms with Crippen molar-refractivity contribution in [2.75, 3.05) is 127 Å². The number of methoxy groups -OCH3 is 1. The summed E-state index contributed by atoms with van der Waals surface area (Å²) >= 11 is 6.45. The number of piperazine rings is 1. The van der Waals surface area contributed by atoms with E-state index in [4.69, 9.17) is 35.3 Å². The summed E-state index contributed by atoms with van der Waals surface area (Å²) in [5, 5.41) is 13.1. The van der Waals surface area contributed by atoms with E-state index in [2.05, 4.69) is 36.1 Å². The van der Waals surface area contributed by atoms with E-state index in [0.717, 1.165) is 16.9 Å². The highest BCUT2D eigenvalue weighted by atomic mass is 35.5. The van der Waals surface area contributed by atoms with Gasteiger partial charge in [-0.05, 0) is 56.1 Å². The molecule has 2 fully saturated rings. The molecule has 1 aromatic heterocycles. The molecule has 68 heavy (non-hydrogen) atoms. The van der Waals surface area contributed by atoms with Crippen LogP contribution < -0.4 is 36.2 Å². The van der Waals surface area contributed by atoms with Crippen LogP contribution in [0.3, 0.4) is 0 Å². The molecule has 4 N–H and O–H groups in total. The summed E-state index contributed by atoms with van der Waals surface area (Å²) in [6.07, 6.45) is 2.32. The summed E-state index contributed by atoms with van der Waals surface area (Å²) in [6, 6.07) is 18.0. The number of nitrogens with one attached hydrogen (secondary N) is 4. The number of nitrogens with zero attached hydrogens (tertiary/aromatic N) is 5. The zero-order chi connectivity index (χ0) is 48.0. The molecular formula is C47H59ClN9O10P. The third kappa shape index (κ3) is 13.2. The number of para-hydroxylation sites is 1. The minimum Gasteiger partial charge on any atom is -0.494 e. The van der Waals surface area contributed by atoms with Crippen molar-refractivity contribution in [1.82, 2.24) is 25.1 Å². The van der Waals surface area contributed by atoms with Crippen LogP contribution >= 0.6 is 18.7 Å². The van der Waals surface area contributed by atoms with Gasteiger partial charge in [0.15, 0.2) is 5.82 Å². The predicted octanol–water partition coefficient (Wildman–Crippen LogP) is 4.85. The average molecular weight is 976 g/mol. The largest absolute Gasteiger partial charge is 0.494 e. The molecule has 0 spiro atoms. The lowest BCUT2D eigenvalue weighted by molar-refractivity contribution is -0.137. The van der Waals surface area contributed by atoms with E-state index in [-0.39, 0.29) is 30.6 Å². The van der Waals surface area contributed by atoms with Gasteiger partial charge in [0.1, 0.15) is 24.0 Å². The minimum absolute atomic E-state index is 0.0474. The lowest BCUT2D eigenvalue weighted by atomic mass is 10.0. The second-order valence-corrected chi connectivity index (χ2v) is 20.2. The number of ether oxygens (including phenoxy) is 5. The number of hydrogen-bond donors (Lipinski definition) is 4. The zero-order valence-electron chi connectivity index (χ0n) is 38.6. The predicted molar refractivity (Wildman–Crippen MR) is 260 cm³/mol. The third-order valence-corrected chi connectivity index (χ3v) is 13.5. The normalized spacial score (nSPS) is 16.1. The molecule has 4 aromatic rings. The Kier molecular flexibility index (Phi) is 17.6. The first-order chi connectivity index (χ1) is 32.9. The summed E-state index contributed by atoms with van der Waals surface area (Å²) in [6.45, 7) is 9.89. The maximum atomic E-state index is 13.0. The van der Waals surface area contributed by atoms with Gasteiger partial charge in [0.2, 0.25) is 23.7 Å². The monoisotopic (exact) mass is 975 g/mol. The van der Waals surface area contributed by atoms with E-state index >= 15 is 0 Å². The van der Waals surface area contributed by atoms with Gasteiger partial charge in [-0.1, -0.05) is 29.8 Å². The van der Waals surface area contributed by atoms with Crippen molar-refractivity contribution in [1.29, 1.82) is 0 Å². The minimum atomic E-state index is -2.57. The molecule has 7 rings (SSSR count). The van der Waals surface area contributed by atoms with Crippen LogP contribution in [0.5, 0.6) is 5.75 Å². The van der Waals surface area contributed by atoms with Crippen molar-refractivity contribution in [3.63, 3.8) is 0 Å². The number of imide groups is 1. The Balaban J connectivity index is 0.714. The molecule has 3 aliphatic rings. The third-order valence-electron chi connectivity index (χ3n) is 11.6. The van der Waals surface area contributed by atoms with Gasteiger partial charge < -0.3 is 58.9 Å². The Hall–Kier alpha value is -5.82. The first-order valence-electron chi connectivity index (χ1n) is 22.6. The van der Waals surface area contributed by atoms with Gasteiger partial charge in [0, 0.05) is 79.6 Å². The fourth-order valence-electron chi connectivity index (χ4n) is 8.09. The second-order valence-electron chi connectivity index (χ2n) is 16.6. The fourth-order valence-corrected chi connectivity index (χ4v) is 9.39. The zero-order valence-corrected chi connectivity index (χ0v) is 40.2. The molecule has 19 nitrogen and oxygen atoms in total. The van der Waals surface area contributed by atoms with Crippen LogP contribution in [-0.2, 0) is 44.4 Å². The van der Waals surface area contributed by atoms with Crippen LogP contribution in [0.2, 0.25) is 5.02 Å². The Labute approximate surface area is 400 Å². The second kappa shape index (κ2) is 24.0. The summed E-state index contributed by atoms with van der Waals surface area (Å²) in [7, 11) is -0.971. The Bertz CT molecular complexity index is 2470. The van der Waals surface area contributed by atoms with Gasteiger partial charge >= 0.3 is 0 Å². The number of hydrogen-bond acceptors (Lipinski definition) is 16. The first-order valence-corrected chi connectivity index (χ1v) is 25.6. The number of fused-ring (bicyclic) bond motifs is 1. The van der Waals surface area contributed by atoms with Crippen LogP contribution in [-0.4, -0.2) is 155 Å². The topological polar surface area (TPSA) is 215 Å². The highest BCUT2D eigenvalue weighted by Crippen LogP contribution is 2.39. The Morgan fingerprint density at radius 2 is 1.53 bits per heavy atom. The van der Waals surface area contributed by atoms with E-state index in [1.54, 1.807) is 32.6 Å². The maximum Gasteiger partial charge on any atom is 0.255 e. The Morgan fingerprint density at radius 3 is 2.24 bits per heavy atom. The summed E-state index contributed by atoms with van der Waals surface area (Å²) < 4.78 is 41.2. The number of aromatic nitrogens is 2. The number of benzene rings is 3. The van der Waals surface area contributed by atoms with Crippen LogP contribution in [0.15, 0.2) is 66.9 Å². The molecule has 1 atom stereocenters. The molecule has 0 aliphatic carbocycles. The van der Waals surface area contributed by atoms with Crippen molar-refractivity contribution in [2.45, 2.75) is 31.8 Å². The van der Waals surface area contributed by atoms with Gasteiger partial charge in [-0.3, -0.25) is 24.5 Å². The number of anilines is 6. The highest BCUT2D eigenvalue weighted by molar-refractivity contribution is 7.70. The number of rotatable bonds is 24. The molecule has 3 aromatic carbocycles. The summed E-state index contributed by atoms with van der Waals surface area (Å²) in [5.74, 6) is 0.355. The van der Waals surface area contributed by atoms with Crippen LogP contribution in [0.1, 0.15) is 35.2 Å². The molecule has 2 saturated heterocycles. The summed E-state index contributed by atoms with van der Waals surface area (Å²) in [5.41, 5.74) is 4.48. The number of piperidine rings is 1. The molecule has 0 radical (unpaired) electrons. The van der Waals surface area contributed by atoms with Gasteiger partial charge in [0.05, 0.1) is 84.0 Å². The number of halogens is 1. The van der Waals surface area contributed by atoms with Gasteiger partial charge in [0.25, 0.3) is 5.91 Å². The standard InChI is InChI=1S/C47H59ClN9O10P/c1-63-40-29-32(11-12-37(40)52-47-50-30-35(48)44(54-47)51-38-8-4-5-10-41(38)68(2,3)62)55-17-19-56(20-18-55)43(59)15-21-64-23-25-66-27-28-67-26-24-65-22-16-49-36-9-6-7-33-34(36)31-57(46(33)61)39-13-14-42(58)53-45(39)60/h4-12,29-30,39,49H,13-28,31H2,1-3H3,(H,53,58,60)(H2,50,51,52,54). The molecule has 4 amide bonds. The molecule has 0 saturated carbocycles. The molecule has 4 heterocycles. The molecule has 21 heteroatoms. The van der Waals surface area contributed by atoms with E-state index < -0.39 is 19.1 Å². The maximum absolute atomic E-state index is 13.0. The molecule has 3 aliphatic heterocycles. The van der Waals surface area contributed by atoms with E-state index in [0.29, 0.717) is 143 Å². The summed E-state index contributed by atoms with van der Waals surface area (Å²) in [4.78, 5) is 64.5. The lowest BCUT2D eigenvalue weighted by Crippen LogP contribution is -2.52. The number of carbonyl (C=O) groups excluding carboxylic acids is 4. The smallest absolute Gasteiger partial charge is 0.255 e. The van der Waals surface area contributed by atoms with Gasteiger partial charge in [-0.15, -0.1) is 0 Å². The highest BCUT2D eigenvalue weighted by Gasteiger charge is 2.40.